The second kappa shape index (κ2) is 8.73. The maximum Gasteiger partial charge on any atom is 0.242 e. The zero-order valence-electron chi connectivity index (χ0n) is 18.4. The van der Waals surface area contributed by atoms with Gasteiger partial charge in [-0.15, -0.1) is 0 Å². The van der Waals surface area contributed by atoms with Crippen LogP contribution in [0.2, 0.25) is 19.6 Å². The fraction of sp³-hybridized carbons (Fsp3) is 0.280. The van der Waals surface area contributed by atoms with Crippen molar-refractivity contribution >= 4 is 37.8 Å². The Morgan fingerprint density at radius 1 is 0.759 bits per heavy atom. The third-order valence-corrected chi connectivity index (χ3v) is 7.50. The van der Waals surface area contributed by atoms with Crippen molar-refractivity contribution < 1.29 is 4.43 Å². The quantitative estimate of drug-likeness (QED) is 0.397. The summed E-state index contributed by atoms with van der Waals surface area (Å²) in [5.74, 6) is 0.970. The van der Waals surface area contributed by atoms with Crippen LogP contribution in [0.3, 0.4) is 0 Å². The highest BCUT2D eigenvalue weighted by Gasteiger charge is 2.24. The normalized spacial score (nSPS) is 12.1. The molecule has 0 aliphatic carbocycles. The van der Waals surface area contributed by atoms with Gasteiger partial charge in [0.25, 0.3) is 0 Å². The van der Waals surface area contributed by atoms with E-state index in [0.717, 1.165) is 5.75 Å². The number of rotatable bonds is 6. The Labute approximate surface area is 178 Å². The average Bonchev–Trinajstić information content (AvgIpc) is 2.63. The molecule has 29 heavy (non-hydrogen) atoms. The van der Waals surface area contributed by atoms with Crippen LogP contribution in [0.5, 0.6) is 5.75 Å². The molecule has 0 aliphatic rings. The number of anilines is 1. The van der Waals surface area contributed by atoms with Gasteiger partial charge in [-0.2, -0.15) is 0 Å². The molecular formula is C25H32NOPSi. The maximum absolute atomic E-state index is 6.37. The van der Waals surface area contributed by atoms with E-state index in [1.807, 2.05) is 0 Å². The molecule has 0 fully saturated rings. The average molecular weight is 422 g/mol. The Bertz CT molecular complexity index is 891. The van der Waals surface area contributed by atoms with Crippen LogP contribution >= 0.6 is 7.92 Å². The van der Waals surface area contributed by atoms with Crippen molar-refractivity contribution in [3.05, 3.63) is 78.9 Å². The van der Waals surface area contributed by atoms with Crippen LogP contribution in [0.25, 0.3) is 0 Å². The van der Waals surface area contributed by atoms with Gasteiger partial charge in [0, 0.05) is 16.5 Å². The van der Waals surface area contributed by atoms with E-state index < -0.39 is 16.2 Å². The summed E-state index contributed by atoms with van der Waals surface area (Å²) in [6, 6.07) is 28.2. The van der Waals surface area contributed by atoms with Gasteiger partial charge in [0.1, 0.15) is 5.75 Å². The standard InChI is InChI=1S/C25H32NOPSi/c1-25(2,3)26-23-18-17-20(27-29(4,5)6)19-24(23)28(21-13-9-7-10-14-21)22-15-11-8-12-16-22/h7-19,26H,1-6H3. The van der Waals surface area contributed by atoms with E-state index in [1.165, 1.54) is 21.6 Å². The summed E-state index contributed by atoms with van der Waals surface area (Å²) in [6.45, 7) is 13.3. The summed E-state index contributed by atoms with van der Waals surface area (Å²) in [5, 5.41) is 7.73. The molecule has 0 spiro atoms. The predicted molar refractivity (Wildman–Crippen MR) is 132 cm³/mol. The minimum absolute atomic E-state index is 0.0235. The van der Waals surface area contributed by atoms with Crippen molar-refractivity contribution in [2.45, 2.75) is 46.0 Å². The van der Waals surface area contributed by atoms with Gasteiger partial charge in [-0.1, -0.05) is 60.7 Å². The van der Waals surface area contributed by atoms with E-state index in [-0.39, 0.29) is 5.54 Å². The molecule has 3 aromatic rings. The lowest BCUT2D eigenvalue weighted by Crippen LogP contribution is -2.32. The van der Waals surface area contributed by atoms with Gasteiger partial charge in [-0.05, 0) is 77.1 Å². The molecule has 3 aromatic carbocycles. The number of hydrogen-bond acceptors (Lipinski definition) is 2. The molecule has 0 bridgehead atoms. The second-order valence-corrected chi connectivity index (χ2v) is 15.9. The molecule has 0 amide bonds. The van der Waals surface area contributed by atoms with Crippen molar-refractivity contribution in [1.29, 1.82) is 0 Å². The summed E-state index contributed by atoms with van der Waals surface area (Å²) < 4.78 is 6.37. The van der Waals surface area contributed by atoms with Gasteiger partial charge in [0.15, 0.2) is 0 Å². The molecule has 0 aliphatic heterocycles. The molecule has 0 saturated carbocycles. The van der Waals surface area contributed by atoms with Crippen molar-refractivity contribution in [1.82, 2.24) is 0 Å². The molecule has 0 aromatic heterocycles. The Hall–Kier alpha value is -2.09. The van der Waals surface area contributed by atoms with Crippen molar-refractivity contribution in [2.75, 3.05) is 5.32 Å². The minimum Gasteiger partial charge on any atom is -0.544 e. The molecule has 152 valence electrons. The fourth-order valence-electron chi connectivity index (χ4n) is 3.20. The van der Waals surface area contributed by atoms with Crippen molar-refractivity contribution in [2.24, 2.45) is 0 Å². The second-order valence-electron chi connectivity index (χ2n) is 9.27. The SMILES string of the molecule is CC(C)(C)Nc1ccc(O[Si](C)(C)C)cc1P(c1ccccc1)c1ccccc1. The first-order valence-corrected chi connectivity index (χ1v) is 14.9. The maximum atomic E-state index is 6.37. The molecule has 1 N–H and O–H groups in total. The van der Waals surface area contributed by atoms with Crippen LogP contribution in [-0.2, 0) is 0 Å². The summed E-state index contributed by atoms with van der Waals surface area (Å²) in [7, 11) is -2.40. The van der Waals surface area contributed by atoms with E-state index >= 15 is 0 Å². The summed E-state index contributed by atoms with van der Waals surface area (Å²) in [6.07, 6.45) is 0. The van der Waals surface area contributed by atoms with Gasteiger partial charge in [-0.25, -0.2) is 0 Å². The first-order valence-electron chi connectivity index (χ1n) is 10.1. The number of hydrogen-bond donors (Lipinski definition) is 1. The van der Waals surface area contributed by atoms with Crippen molar-refractivity contribution in [3.63, 3.8) is 0 Å². The molecule has 0 saturated heterocycles. The Morgan fingerprint density at radius 2 is 1.28 bits per heavy atom. The highest BCUT2D eigenvalue weighted by atomic mass is 31.1. The van der Waals surface area contributed by atoms with Gasteiger partial charge in [0.2, 0.25) is 8.32 Å². The zero-order valence-corrected chi connectivity index (χ0v) is 20.3. The minimum atomic E-state index is -1.69. The monoisotopic (exact) mass is 421 g/mol. The van der Waals surface area contributed by atoms with Crippen LogP contribution in [0.1, 0.15) is 20.8 Å². The molecule has 0 atom stereocenters. The van der Waals surface area contributed by atoms with Gasteiger partial charge < -0.3 is 9.74 Å². The molecular weight excluding hydrogens is 389 g/mol. The van der Waals surface area contributed by atoms with Gasteiger partial charge in [-0.3, -0.25) is 0 Å². The van der Waals surface area contributed by atoms with E-state index in [0.29, 0.717) is 0 Å². The van der Waals surface area contributed by atoms with E-state index in [1.54, 1.807) is 0 Å². The largest absolute Gasteiger partial charge is 0.544 e. The highest BCUT2D eigenvalue weighted by Crippen LogP contribution is 2.38. The first kappa shape index (κ1) is 21.6. The summed E-state index contributed by atoms with van der Waals surface area (Å²) in [5.41, 5.74) is 1.16. The van der Waals surface area contributed by atoms with E-state index in [2.05, 4.69) is 125 Å². The van der Waals surface area contributed by atoms with E-state index in [9.17, 15) is 0 Å². The summed E-state index contributed by atoms with van der Waals surface area (Å²) >= 11 is 0. The highest BCUT2D eigenvalue weighted by molar-refractivity contribution is 7.80. The fourth-order valence-corrected chi connectivity index (χ4v) is 6.46. The molecule has 2 nitrogen and oxygen atoms in total. The lowest BCUT2D eigenvalue weighted by Gasteiger charge is -2.29. The number of benzene rings is 3. The molecule has 4 heteroatoms. The van der Waals surface area contributed by atoms with Crippen LogP contribution in [0.4, 0.5) is 5.69 Å². The molecule has 0 heterocycles. The molecule has 0 radical (unpaired) electrons. The van der Waals surface area contributed by atoms with Gasteiger partial charge in [0.05, 0.1) is 0 Å². The molecule has 3 rings (SSSR count). The van der Waals surface area contributed by atoms with Crippen LogP contribution in [0, 0.1) is 0 Å². The van der Waals surface area contributed by atoms with E-state index in [4.69, 9.17) is 4.43 Å². The smallest absolute Gasteiger partial charge is 0.242 e. The molecule has 0 unspecified atom stereocenters. The Balaban J connectivity index is 2.19. The third kappa shape index (κ3) is 6.19. The first-order chi connectivity index (χ1) is 13.6. The lowest BCUT2D eigenvalue weighted by atomic mass is 10.1. The van der Waals surface area contributed by atoms with Crippen LogP contribution in [0.15, 0.2) is 78.9 Å². The third-order valence-electron chi connectivity index (χ3n) is 4.17. The summed E-state index contributed by atoms with van der Waals surface area (Å²) in [4.78, 5) is 0. The van der Waals surface area contributed by atoms with Crippen molar-refractivity contribution in [3.8, 4) is 5.75 Å². The topological polar surface area (TPSA) is 21.3 Å². The number of nitrogens with one attached hydrogen (secondary N) is 1. The van der Waals surface area contributed by atoms with Crippen LogP contribution in [-0.4, -0.2) is 13.9 Å². The van der Waals surface area contributed by atoms with Gasteiger partial charge >= 0.3 is 0 Å². The predicted octanol–water partition coefficient (Wildman–Crippen LogP) is 5.87. The Morgan fingerprint density at radius 3 is 1.72 bits per heavy atom. The Kier molecular flexibility index (Phi) is 6.51. The van der Waals surface area contributed by atoms with Crippen LogP contribution < -0.4 is 25.7 Å². The zero-order chi connectivity index (χ0) is 21.1. The lowest BCUT2D eigenvalue weighted by molar-refractivity contribution is 0.558.